The highest BCUT2D eigenvalue weighted by Gasteiger charge is 2.15. The third kappa shape index (κ3) is 6.12. The predicted octanol–water partition coefficient (Wildman–Crippen LogP) is 2.74. The summed E-state index contributed by atoms with van der Waals surface area (Å²) in [7, 11) is 0. The third-order valence-electron chi connectivity index (χ3n) is 3.56. The molecule has 2 aromatic rings. The number of carbonyl (C=O) groups excluding carboxylic acids is 1. The second-order valence-electron chi connectivity index (χ2n) is 5.60. The third-order valence-corrected chi connectivity index (χ3v) is 3.56. The molecule has 0 heterocycles. The van der Waals surface area contributed by atoms with Crippen molar-refractivity contribution in [2.24, 2.45) is 0 Å². The summed E-state index contributed by atoms with van der Waals surface area (Å²) in [6.45, 7) is 2.22. The summed E-state index contributed by atoms with van der Waals surface area (Å²) >= 11 is 0. The van der Waals surface area contributed by atoms with Gasteiger partial charge in [0.2, 0.25) is 0 Å². The maximum atomic E-state index is 11.9. The molecule has 0 saturated heterocycles. The van der Waals surface area contributed by atoms with E-state index in [1.807, 2.05) is 60.7 Å². The van der Waals surface area contributed by atoms with Gasteiger partial charge in [-0.25, -0.2) is 0 Å². The van der Waals surface area contributed by atoms with Crippen LogP contribution in [0.4, 0.5) is 0 Å². The number of aliphatic hydroxyl groups is 1. The number of hydrogen-bond donors (Lipinski definition) is 2. The van der Waals surface area contributed by atoms with Crippen molar-refractivity contribution in [3.63, 3.8) is 0 Å². The molecule has 2 atom stereocenters. The average Bonchev–Trinajstić information content (AvgIpc) is 2.58. The minimum absolute atomic E-state index is 0.0137. The molecule has 2 unspecified atom stereocenters. The lowest BCUT2D eigenvalue weighted by molar-refractivity contribution is -0.123. The number of para-hydroxylation sites is 1. The summed E-state index contributed by atoms with van der Waals surface area (Å²) in [5.41, 5.74) is 1.11. The summed E-state index contributed by atoms with van der Waals surface area (Å²) in [5.74, 6) is 0.587. The second-order valence-corrected chi connectivity index (χ2v) is 5.60. The van der Waals surface area contributed by atoms with Gasteiger partial charge in [-0.1, -0.05) is 48.5 Å². The van der Waals surface area contributed by atoms with Gasteiger partial charge in [0.15, 0.2) is 6.61 Å². The van der Waals surface area contributed by atoms with Crippen molar-refractivity contribution in [1.82, 2.24) is 5.32 Å². The minimum atomic E-state index is -0.419. The van der Waals surface area contributed by atoms with Gasteiger partial charge >= 0.3 is 0 Å². The Labute approximate surface area is 137 Å². The van der Waals surface area contributed by atoms with Crippen molar-refractivity contribution in [3.8, 4) is 5.75 Å². The van der Waals surface area contributed by atoms with Crippen molar-refractivity contribution in [3.05, 3.63) is 66.2 Å². The first-order valence-corrected chi connectivity index (χ1v) is 7.82. The number of aliphatic hydroxyl groups excluding tert-OH is 1. The predicted molar refractivity (Wildman–Crippen MR) is 90.4 cm³/mol. The molecule has 2 aromatic carbocycles. The summed E-state index contributed by atoms with van der Waals surface area (Å²) in [6.07, 6.45) is 0.182. The molecule has 0 radical (unpaired) electrons. The maximum absolute atomic E-state index is 11.9. The lowest BCUT2D eigenvalue weighted by atomic mass is 9.93. The normalized spacial score (nSPS) is 13.1. The molecule has 2 N–H and O–H groups in total. The van der Waals surface area contributed by atoms with Gasteiger partial charge in [-0.15, -0.1) is 0 Å². The van der Waals surface area contributed by atoms with E-state index < -0.39 is 6.10 Å². The smallest absolute Gasteiger partial charge is 0.257 e. The Hall–Kier alpha value is -2.33. The van der Waals surface area contributed by atoms with Gasteiger partial charge in [0, 0.05) is 12.5 Å². The van der Waals surface area contributed by atoms with Crippen molar-refractivity contribution in [2.75, 3.05) is 13.2 Å². The second kappa shape index (κ2) is 8.96. The summed E-state index contributed by atoms with van der Waals surface area (Å²) in [6, 6.07) is 19.2. The number of ether oxygens (including phenoxy) is 1. The molecule has 0 aromatic heterocycles. The highest BCUT2D eigenvalue weighted by atomic mass is 16.5. The number of rotatable bonds is 8. The maximum Gasteiger partial charge on any atom is 0.257 e. The zero-order chi connectivity index (χ0) is 16.5. The molecule has 1 amide bonds. The molecule has 0 fully saturated rings. The lowest BCUT2D eigenvalue weighted by Crippen LogP contribution is -2.33. The molecule has 4 heteroatoms. The monoisotopic (exact) mass is 313 g/mol. The van der Waals surface area contributed by atoms with E-state index in [4.69, 9.17) is 4.74 Å². The van der Waals surface area contributed by atoms with Gasteiger partial charge in [-0.2, -0.15) is 0 Å². The van der Waals surface area contributed by atoms with E-state index in [2.05, 4.69) is 5.32 Å². The molecule has 2 rings (SSSR count). The van der Waals surface area contributed by atoms with E-state index in [0.29, 0.717) is 18.7 Å². The molecule has 0 aliphatic rings. The molecule has 0 aliphatic heterocycles. The molecule has 122 valence electrons. The number of nitrogens with one attached hydrogen (secondary N) is 1. The van der Waals surface area contributed by atoms with Crippen molar-refractivity contribution in [2.45, 2.75) is 25.4 Å². The Bertz CT molecular complexity index is 584. The van der Waals surface area contributed by atoms with E-state index in [9.17, 15) is 9.90 Å². The first-order chi connectivity index (χ1) is 11.1. The fourth-order valence-corrected chi connectivity index (χ4v) is 2.43. The number of benzene rings is 2. The number of amides is 1. The zero-order valence-corrected chi connectivity index (χ0v) is 13.3. The molecule has 23 heavy (non-hydrogen) atoms. The summed E-state index contributed by atoms with van der Waals surface area (Å²) < 4.78 is 5.43. The highest BCUT2D eigenvalue weighted by Crippen LogP contribution is 2.20. The summed E-state index contributed by atoms with van der Waals surface area (Å²) in [4.78, 5) is 11.9. The number of hydrogen-bond acceptors (Lipinski definition) is 3. The molecule has 0 spiro atoms. The Morgan fingerprint density at radius 3 is 2.30 bits per heavy atom. The van der Waals surface area contributed by atoms with Crippen molar-refractivity contribution >= 4 is 5.91 Å². The first-order valence-electron chi connectivity index (χ1n) is 7.82. The van der Waals surface area contributed by atoms with Crippen LogP contribution in [0, 0.1) is 0 Å². The van der Waals surface area contributed by atoms with Crippen LogP contribution in [0.3, 0.4) is 0 Å². The lowest BCUT2D eigenvalue weighted by Gasteiger charge is -2.19. The van der Waals surface area contributed by atoms with Gasteiger partial charge in [-0.3, -0.25) is 4.79 Å². The van der Waals surface area contributed by atoms with Crippen LogP contribution in [0.25, 0.3) is 0 Å². The quantitative estimate of drug-likeness (QED) is 0.788. The largest absolute Gasteiger partial charge is 0.484 e. The van der Waals surface area contributed by atoms with E-state index in [-0.39, 0.29) is 18.4 Å². The van der Waals surface area contributed by atoms with E-state index in [1.54, 1.807) is 6.92 Å². The fraction of sp³-hybridized carbons (Fsp3) is 0.316. The van der Waals surface area contributed by atoms with Crippen LogP contribution < -0.4 is 10.1 Å². The van der Waals surface area contributed by atoms with Gasteiger partial charge in [0.05, 0.1) is 6.10 Å². The van der Waals surface area contributed by atoms with Gasteiger partial charge in [-0.05, 0) is 31.0 Å². The van der Waals surface area contributed by atoms with E-state index in [1.165, 1.54) is 0 Å². The van der Waals surface area contributed by atoms with Crippen LogP contribution in [0.1, 0.15) is 24.8 Å². The molecular weight excluding hydrogens is 290 g/mol. The first kappa shape index (κ1) is 17.0. The highest BCUT2D eigenvalue weighted by molar-refractivity contribution is 5.77. The Morgan fingerprint density at radius 1 is 1.09 bits per heavy atom. The molecule has 0 aliphatic carbocycles. The molecule has 0 saturated carbocycles. The van der Waals surface area contributed by atoms with Gasteiger partial charge in [0.25, 0.3) is 5.91 Å². The Morgan fingerprint density at radius 2 is 1.70 bits per heavy atom. The topological polar surface area (TPSA) is 58.6 Å². The van der Waals surface area contributed by atoms with Crippen LogP contribution >= 0.6 is 0 Å². The van der Waals surface area contributed by atoms with Crippen LogP contribution in [0.2, 0.25) is 0 Å². The average molecular weight is 313 g/mol. The van der Waals surface area contributed by atoms with E-state index >= 15 is 0 Å². The zero-order valence-electron chi connectivity index (χ0n) is 13.3. The van der Waals surface area contributed by atoms with Crippen molar-refractivity contribution < 1.29 is 14.6 Å². The van der Waals surface area contributed by atoms with Crippen LogP contribution in [0.15, 0.2) is 60.7 Å². The Balaban J connectivity index is 1.84. The van der Waals surface area contributed by atoms with E-state index in [0.717, 1.165) is 5.56 Å². The van der Waals surface area contributed by atoms with Gasteiger partial charge in [0.1, 0.15) is 5.75 Å². The van der Waals surface area contributed by atoms with Crippen molar-refractivity contribution in [1.29, 1.82) is 0 Å². The minimum Gasteiger partial charge on any atom is -0.484 e. The fourth-order valence-electron chi connectivity index (χ4n) is 2.43. The van der Waals surface area contributed by atoms with Crippen LogP contribution in [-0.4, -0.2) is 30.3 Å². The Kier molecular flexibility index (Phi) is 6.63. The molecule has 4 nitrogen and oxygen atoms in total. The standard InChI is InChI=1S/C19H23NO3/c1-15(21)12-17(16-8-4-2-5-9-16)13-20-19(22)14-23-18-10-6-3-7-11-18/h2-11,15,17,21H,12-14H2,1H3,(H,20,22). The summed E-state index contributed by atoms with van der Waals surface area (Å²) in [5, 5.41) is 12.5. The number of carbonyl (C=O) groups is 1. The molecule has 0 bridgehead atoms. The molecular formula is C19H23NO3. The van der Waals surface area contributed by atoms with Gasteiger partial charge < -0.3 is 15.2 Å². The van der Waals surface area contributed by atoms with Crippen LogP contribution in [0.5, 0.6) is 5.75 Å². The van der Waals surface area contributed by atoms with Crippen LogP contribution in [-0.2, 0) is 4.79 Å². The SMILES string of the molecule is CC(O)CC(CNC(=O)COc1ccccc1)c1ccccc1.